The highest BCUT2D eigenvalue weighted by molar-refractivity contribution is 7.09. The Bertz CT molecular complexity index is 502. The Morgan fingerprint density at radius 1 is 1.55 bits per heavy atom. The van der Waals surface area contributed by atoms with Crippen LogP contribution in [0.25, 0.3) is 0 Å². The van der Waals surface area contributed by atoms with Gasteiger partial charge in [0, 0.05) is 18.3 Å². The Morgan fingerprint density at radius 2 is 2.25 bits per heavy atom. The number of nitrogens with two attached hydrogens (primary N) is 1. The summed E-state index contributed by atoms with van der Waals surface area (Å²) in [5, 5.41) is 13.4. The van der Waals surface area contributed by atoms with Crippen LogP contribution in [0.5, 0.6) is 0 Å². The molecule has 8 nitrogen and oxygen atoms in total. The molecular weight excluding hydrogens is 286 g/mol. The maximum Gasteiger partial charge on any atom is 0.326 e. The Labute approximate surface area is 118 Å². The molecule has 0 fully saturated rings. The second-order valence-corrected chi connectivity index (χ2v) is 4.75. The summed E-state index contributed by atoms with van der Waals surface area (Å²) in [5.41, 5.74) is 5.49. The van der Waals surface area contributed by atoms with Gasteiger partial charge in [-0.3, -0.25) is 9.59 Å². The average Bonchev–Trinajstić information content (AvgIpc) is 2.91. The van der Waals surface area contributed by atoms with E-state index in [1.807, 2.05) is 0 Å². The van der Waals surface area contributed by atoms with Crippen molar-refractivity contribution in [2.45, 2.75) is 25.4 Å². The molecule has 1 aromatic rings. The number of nitrogens with one attached hydrogen (secondary N) is 1. The van der Waals surface area contributed by atoms with Crippen LogP contribution in [0.15, 0.2) is 5.38 Å². The van der Waals surface area contributed by atoms with Gasteiger partial charge in [-0.2, -0.15) is 0 Å². The van der Waals surface area contributed by atoms with E-state index in [0.717, 1.165) is 0 Å². The summed E-state index contributed by atoms with van der Waals surface area (Å²) >= 11 is 1.22. The lowest BCUT2D eigenvalue weighted by Gasteiger charge is -2.12. The quantitative estimate of drug-likeness (QED) is 0.591. The lowest BCUT2D eigenvalue weighted by Crippen LogP contribution is -2.41. The molecule has 0 unspecified atom stereocenters. The summed E-state index contributed by atoms with van der Waals surface area (Å²) in [6.07, 6.45) is -0.152. The van der Waals surface area contributed by atoms with Crippen LogP contribution in [0.4, 0.5) is 0 Å². The van der Waals surface area contributed by atoms with E-state index in [4.69, 9.17) is 10.8 Å². The Hall–Kier alpha value is -2.00. The molecule has 1 amide bonds. The van der Waals surface area contributed by atoms with E-state index in [-0.39, 0.29) is 25.1 Å². The minimum absolute atomic E-state index is 0.0539. The van der Waals surface area contributed by atoms with Crippen molar-refractivity contribution in [2.75, 3.05) is 7.11 Å². The molecule has 1 rings (SSSR count). The number of esters is 1. The first kappa shape index (κ1) is 16.1. The van der Waals surface area contributed by atoms with Gasteiger partial charge in [0.05, 0.1) is 7.11 Å². The highest BCUT2D eigenvalue weighted by Gasteiger charge is 2.22. The van der Waals surface area contributed by atoms with Crippen molar-refractivity contribution in [1.29, 1.82) is 0 Å². The van der Waals surface area contributed by atoms with Crippen LogP contribution in [-0.4, -0.2) is 41.1 Å². The van der Waals surface area contributed by atoms with Crippen LogP contribution in [0, 0.1) is 0 Å². The molecule has 0 spiro atoms. The maximum atomic E-state index is 11.8. The molecular formula is C11H15N3O5S. The molecule has 0 saturated heterocycles. The van der Waals surface area contributed by atoms with Crippen LogP contribution < -0.4 is 11.1 Å². The number of thiazole rings is 1. The smallest absolute Gasteiger partial charge is 0.326 e. The van der Waals surface area contributed by atoms with Crippen molar-refractivity contribution in [2.24, 2.45) is 5.73 Å². The predicted octanol–water partition coefficient (Wildman–Crippen LogP) is -0.262. The van der Waals surface area contributed by atoms with Crippen LogP contribution >= 0.6 is 11.3 Å². The fourth-order valence-corrected chi connectivity index (χ4v) is 2.02. The molecule has 20 heavy (non-hydrogen) atoms. The Morgan fingerprint density at radius 3 is 2.75 bits per heavy atom. The molecule has 0 saturated carbocycles. The molecule has 0 aliphatic heterocycles. The zero-order valence-corrected chi connectivity index (χ0v) is 11.6. The molecule has 0 aromatic carbocycles. The van der Waals surface area contributed by atoms with Crippen LogP contribution in [-0.2, 0) is 20.9 Å². The molecule has 0 aliphatic carbocycles. The third-order valence-electron chi connectivity index (χ3n) is 2.43. The largest absolute Gasteiger partial charge is 0.480 e. The number of carboxylic acid groups (broad SMARTS) is 1. The van der Waals surface area contributed by atoms with E-state index in [9.17, 15) is 14.4 Å². The summed E-state index contributed by atoms with van der Waals surface area (Å²) in [6.45, 7) is 0.211. The number of methoxy groups -OCH3 is 1. The minimum Gasteiger partial charge on any atom is -0.480 e. The molecule has 1 atom stereocenters. The van der Waals surface area contributed by atoms with Gasteiger partial charge in [0.1, 0.15) is 16.7 Å². The number of carbonyl (C=O) groups excluding carboxylic acids is 2. The van der Waals surface area contributed by atoms with E-state index < -0.39 is 23.9 Å². The monoisotopic (exact) mass is 301 g/mol. The van der Waals surface area contributed by atoms with Gasteiger partial charge < -0.3 is 20.9 Å². The fraction of sp³-hybridized carbons (Fsp3) is 0.455. The maximum absolute atomic E-state index is 11.8. The van der Waals surface area contributed by atoms with Gasteiger partial charge in [0.15, 0.2) is 0 Å². The van der Waals surface area contributed by atoms with Gasteiger partial charge in [-0.25, -0.2) is 9.78 Å². The summed E-state index contributed by atoms with van der Waals surface area (Å²) in [4.78, 5) is 37.8. The van der Waals surface area contributed by atoms with E-state index in [1.54, 1.807) is 0 Å². The second kappa shape index (κ2) is 7.56. The molecule has 9 heteroatoms. The van der Waals surface area contributed by atoms with Crippen molar-refractivity contribution in [1.82, 2.24) is 10.3 Å². The van der Waals surface area contributed by atoms with Crippen LogP contribution in [0.3, 0.4) is 0 Å². The topological polar surface area (TPSA) is 132 Å². The van der Waals surface area contributed by atoms with Crippen molar-refractivity contribution in [3.05, 3.63) is 16.1 Å². The number of aromatic nitrogens is 1. The number of rotatable bonds is 7. The molecule has 0 radical (unpaired) electrons. The fourth-order valence-electron chi connectivity index (χ4n) is 1.36. The third-order valence-corrected chi connectivity index (χ3v) is 3.30. The van der Waals surface area contributed by atoms with Crippen molar-refractivity contribution in [3.63, 3.8) is 0 Å². The molecule has 0 aliphatic rings. The lowest BCUT2D eigenvalue weighted by molar-refractivity contribution is -0.142. The number of nitrogens with zero attached hydrogens (tertiary/aromatic N) is 1. The first-order valence-corrected chi connectivity index (χ1v) is 6.60. The lowest BCUT2D eigenvalue weighted by atomic mass is 10.1. The van der Waals surface area contributed by atoms with E-state index in [1.165, 1.54) is 23.8 Å². The summed E-state index contributed by atoms with van der Waals surface area (Å²) in [6, 6.07) is -1.18. The van der Waals surface area contributed by atoms with Gasteiger partial charge in [-0.15, -0.1) is 11.3 Å². The number of ether oxygens (including phenoxy) is 1. The first-order chi connectivity index (χ1) is 9.47. The van der Waals surface area contributed by atoms with Crippen LogP contribution in [0.1, 0.15) is 28.3 Å². The Balaban J connectivity index is 2.63. The minimum atomic E-state index is -1.23. The highest BCUT2D eigenvalue weighted by Crippen LogP contribution is 2.09. The van der Waals surface area contributed by atoms with Gasteiger partial charge in [0.2, 0.25) is 0 Å². The first-order valence-electron chi connectivity index (χ1n) is 5.73. The van der Waals surface area contributed by atoms with Gasteiger partial charge in [-0.1, -0.05) is 0 Å². The van der Waals surface area contributed by atoms with Gasteiger partial charge in [-0.05, 0) is 6.42 Å². The number of hydrogen-bond acceptors (Lipinski definition) is 7. The standard InChI is InChI=1S/C11H15N3O5S/c1-19-9(15)3-2-6(11(17)18)14-10(16)7-5-20-8(4-12)13-7/h5-6H,2-4,12H2,1H3,(H,14,16)(H,17,18)/t6-/m1/s1. The molecule has 0 bridgehead atoms. The predicted molar refractivity (Wildman–Crippen MR) is 70.1 cm³/mol. The summed E-state index contributed by atoms with van der Waals surface area (Å²) in [7, 11) is 1.21. The number of hydrogen-bond donors (Lipinski definition) is 3. The van der Waals surface area contributed by atoms with Crippen molar-refractivity contribution >= 4 is 29.2 Å². The van der Waals surface area contributed by atoms with Gasteiger partial charge >= 0.3 is 11.9 Å². The van der Waals surface area contributed by atoms with Crippen molar-refractivity contribution in [3.8, 4) is 0 Å². The average molecular weight is 301 g/mol. The molecule has 1 aromatic heterocycles. The summed E-state index contributed by atoms with van der Waals surface area (Å²) in [5.74, 6) is -2.38. The normalized spacial score (nSPS) is 11.7. The third kappa shape index (κ3) is 4.59. The number of carbonyl (C=O) groups is 3. The number of aliphatic carboxylic acids is 1. The van der Waals surface area contributed by atoms with E-state index in [2.05, 4.69) is 15.0 Å². The highest BCUT2D eigenvalue weighted by atomic mass is 32.1. The number of carboxylic acids is 1. The Kier molecular flexibility index (Phi) is 6.07. The molecule has 4 N–H and O–H groups in total. The van der Waals surface area contributed by atoms with E-state index in [0.29, 0.717) is 5.01 Å². The van der Waals surface area contributed by atoms with Crippen molar-refractivity contribution < 1.29 is 24.2 Å². The molecule has 110 valence electrons. The zero-order valence-electron chi connectivity index (χ0n) is 10.8. The zero-order chi connectivity index (χ0) is 15.1. The summed E-state index contributed by atoms with van der Waals surface area (Å²) < 4.78 is 4.42. The van der Waals surface area contributed by atoms with E-state index >= 15 is 0 Å². The molecule has 1 heterocycles. The van der Waals surface area contributed by atoms with Gasteiger partial charge in [0.25, 0.3) is 5.91 Å². The van der Waals surface area contributed by atoms with Crippen LogP contribution in [0.2, 0.25) is 0 Å². The SMILES string of the molecule is COC(=O)CC[C@@H](NC(=O)c1csc(CN)n1)C(=O)O. The number of amides is 1. The second-order valence-electron chi connectivity index (χ2n) is 3.81.